The molecule has 0 atom stereocenters. The van der Waals surface area contributed by atoms with Gasteiger partial charge in [-0.15, -0.1) is 0 Å². The third kappa shape index (κ3) is 3.21. The third-order valence-electron chi connectivity index (χ3n) is 4.82. The van der Waals surface area contributed by atoms with Crippen LogP contribution in [0.1, 0.15) is 44.9 Å². The van der Waals surface area contributed by atoms with Crippen molar-refractivity contribution in [1.82, 2.24) is 9.80 Å². The van der Waals surface area contributed by atoms with Gasteiger partial charge in [-0.2, -0.15) is 0 Å². The molecule has 2 aliphatic rings. The van der Waals surface area contributed by atoms with Crippen molar-refractivity contribution in [3.63, 3.8) is 0 Å². The summed E-state index contributed by atoms with van der Waals surface area (Å²) in [5.41, 5.74) is 6.47. The summed E-state index contributed by atoms with van der Waals surface area (Å²) < 4.78 is 0. The fourth-order valence-electron chi connectivity index (χ4n) is 3.41. The minimum Gasteiger partial charge on any atom is -0.329 e. The highest BCUT2D eigenvalue weighted by Gasteiger charge is 2.37. The first-order chi connectivity index (χ1) is 8.27. The van der Waals surface area contributed by atoms with Crippen molar-refractivity contribution in [3.05, 3.63) is 0 Å². The van der Waals surface area contributed by atoms with Gasteiger partial charge in [-0.1, -0.05) is 19.3 Å². The van der Waals surface area contributed by atoms with Crippen molar-refractivity contribution in [3.8, 4) is 0 Å². The molecule has 2 N–H and O–H groups in total. The molecule has 0 spiro atoms. The summed E-state index contributed by atoms with van der Waals surface area (Å²) in [4.78, 5) is 5.18. The van der Waals surface area contributed by atoms with Crippen molar-refractivity contribution in [2.75, 3.05) is 39.8 Å². The number of nitrogens with zero attached hydrogens (tertiary/aromatic N) is 2. The molecule has 0 saturated carbocycles. The summed E-state index contributed by atoms with van der Waals surface area (Å²) in [6, 6.07) is 0. The monoisotopic (exact) mass is 239 g/mol. The molecule has 2 heterocycles. The first kappa shape index (κ1) is 13.3. The quantitative estimate of drug-likeness (QED) is 0.796. The van der Waals surface area contributed by atoms with Crippen LogP contribution in [-0.2, 0) is 0 Å². The molecule has 2 fully saturated rings. The maximum atomic E-state index is 6.14. The molecule has 0 aromatic heterocycles. The molecule has 100 valence electrons. The molecule has 2 saturated heterocycles. The Bertz CT molecular complexity index is 214. The predicted molar refractivity (Wildman–Crippen MR) is 73.2 cm³/mol. The van der Waals surface area contributed by atoms with Crippen LogP contribution in [-0.4, -0.2) is 55.1 Å². The van der Waals surface area contributed by atoms with Gasteiger partial charge in [0.25, 0.3) is 0 Å². The van der Waals surface area contributed by atoms with Crippen molar-refractivity contribution >= 4 is 0 Å². The highest BCUT2D eigenvalue weighted by Crippen LogP contribution is 2.29. The summed E-state index contributed by atoms with van der Waals surface area (Å²) in [5, 5.41) is 0. The number of likely N-dealkylation sites (tertiary alicyclic amines) is 2. The summed E-state index contributed by atoms with van der Waals surface area (Å²) in [7, 11) is 2.23. The van der Waals surface area contributed by atoms with Crippen molar-refractivity contribution in [2.45, 2.75) is 50.5 Å². The first-order valence-corrected chi connectivity index (χ1v) is 7.40. The summed E-state index contributed by atoms with van der Waals surface area (Å²) in [6.45, 7) is 5.84. The van der Waals surface area contributed by atoms with E-state index in [1.807, 2.05) is 0 Å². The molecule has 17 heavy (non-hydrogen) atoms. The SMILES string of the molecule is CN1CCC(CN)(N2CCCCCCC2)CC1. The van der Waals surface area contributed by atoms with E-state index in [1.54, 1.807) is 0 Å². The van der Waals surface area contributed by atoms with Gasteiger partial charge in [-0.25, -0.2) is 0 Å². The number of nitrogens with two attached hydrogens (primary N) is 1. The summed E-state index contributed by atoms with van der Waals surface area (Å²) in [6.07, 6.45) is 9.54. The summed E-state index contributed by atoms with van der Waals surface area (Å²) >= 11 is 0. The lowest BCUT2D eigenvalue weighted by Crippen LogP contribution is -2.59. The molecule has 0 aromatic rings. The van der Waals surface area contributed by atoms with Crippen LogP contribution in [0.5, 0.6) is 0 Å². The van der Waals surface area contributed by atoms with Crippen LogP contribution in [0.3, 0.4) is 0 Å². The van der Waals surface area contributed by atoms with Gasteiger partial charge in [-0.3, -0.25) is 4.90 Å². The topological polar surface area (TPSA) is 32.5 Å². The van der Waals surface area contributed by atoms with Gasteiger partial charge < -0.3 is 10.6 Å². The molecule has 0 unspecified atom stereocenters. The number of hydrogen-bond acceptors (Lipinski definition) is 3. The van der Waals surface area contributed by atoms with E-state index >= 15 is 0 Å². The van der Waals surface area contributed by atoms with Gasteiger partial charge in [0.2, 0.25) is 0 Å². The Morgan fingerprint density at radius 2 is 1.41 bits per heavy atom. The smallest absolute Gasteiger partial charge is 0.0356 e. The van der Waals surface area contributed by atoms with Crippen LogP contribution in [0.25, 0.3) is 0 Å². The predicted octanol–water partition coefficient (Wildman–Crippen LogP) is 1.68. The molecule has 0 bridgehead atoms. The van der Waals surface area contributed by atoms with E-state index in [2.05, 4.69) is 16.8 Å². The zero-order valence-electron chi connectivity index (χ0n) is 11.5. The minimum atomic E-state index is 0.323. The Morgan fingerprint density at radius 1 is 0.882 bits per heavy atom. The Hall–Kier alpha value is -0.120. The van der Waals surface area contributed by atoms with Gasteiger partial charge in [0, 0.05) is 12.1 Å². The largest absolute Gasteiger partial charge is 0.329 e. The molecule has 2 rings (SSSR count). The minimum absolute atomic E-state index is 0.323. The Labute approximate surface area is 106 Å². The zero-order valence-corrected chi connectivity index (χ0v) is 11.5. The van der Waals surface area contributed by atoms with Crippen LogP contribution in [0.2, 0.25) is 0 Å². The Morgan fingerprint density at radius 3 is 1.94 bits per heavy atom. The average molecular weight is 239 g/mol. The van der Waals surface area contributed by atoms with E-state index < -0.39 is 0 Å². The first-order valence-electron chi connectivity index (χ1n) is 7.40. The fourth-order valence-corrected chi connectivity index (χ4v) is 3.41. The normalized spacial score (nSPS) is 28.6. The molecule has 3 heteroatoms. The maximum Gasteiger partial charge on any atom is 0.0356 e. The molecule has 0 aromatic carbocycles. The van der Waals surface area contributed by atoms with E-state index in [-0.39, 0.29) is 0 Å². The maximum absolute atomic E-state index is 6.14. The Balaban J connectivity index is 1.99. The Kier molecular flexibility index (Phi) is 4.83. The van der Waals surface area contributed by atoms with Gasteiger partial charge in [0.15, 0.2) is 0 Å². The molecule has 0 aliphatic carbocycles. The van der Waals surface area contributed by atoms with Crippen LogP contribution >= 0.6 is 0 Å². The van der Waals surface area contributed by atoms with Crippen LogP contribution < -0.4 is 5.73 Å². The van der Waals surface area contributed by atoms with Crippen LogP contribution in [0.15, 0.2) is 0 Å². The second-order valence-electron chi connectivity index (χ2n) is 5.99. The number of piperidine rings is 1. The van der Waals surface area contributed by atoms with Crippen molar-refractivity contribution in [2.24, 2.45) is 5.73 Å². The van der Waals surface area contributed by atoms with Crippen molar-refractivity contribution in [1.29, 1.82) is 0 Å². The lowest BCUT2D eigenvalue weighted by molar-refractivity contribution is 0.0281. The van der Waals surface area contributed by atoms with Gasteiger partial charge >= 0.3 is 0 Å². The lowest BCUT2D eigenvalue weighted by atomic mass is 9.84. The van der Waals surface area contributed by atoms with Crippen LogP contribution in [0, 0.1) is 0 Å². The number of hydrogen-bond donors (Lipinski definition) is 1. The zero-order chi connectivity index (χ0) is 12.1. The lowest BCUT2D eigenvalue weighted by Gasteiger charge is -2.48. The van der Waals surface area contributed by atoms with E-state index in [4.69, 9.17) is 5.73 Å². The van der Waals surface area contributed by atoms with Crippen LogP contribution in [0.4, 0.5) is 0 Å². The molecular formula is C14H29N3. The van der Waals surface area contributed by atoms with E-state index in [0.29, 0.717) is 5.54 Å². The van der Waals surface area contributed by atoms with Gasteiger partial charge in [0.1, 0.15) is 0 Å². The van der Waals surface area contributed by atoms with E-state index in [1.165, 1.54) is 71.1 Å². The third-order valence-corrected chi connectivity index (χ3v) is 4.82. The molecule has 3 nitrogen and oxygen atoms in total. The highest BCUT2D eigenvalue weighted by atomic mass is 15.2. The fraction of sp³-hybridized carbons (Fsp3) is 1.00. The second kappa shape index (κ2) is 6.17. The number of rotatable bonds is 2. The second-order valence-corrected chi connectivity index (χ2v) is 5.99. The average Bonchev–Trinajstić information content (AvgIpc) is 2.31. The van der Waals surface area contributed by atoms with Gasteiger partial charge in [-0.05, 0) is 58.9 Å². The standard InChI is InChI=1S/C14H29N3/c1-16-11-7-14(13-15,8-12-16)17-9-5-3-2-4-6-10-17/h2-13,15H2,1H3. The highest BCUT2D eigenvalue weighted by molar-refractivity contribution is 4.96. The van der Waals surface area contributed by atoms with E-state index in [9.17, 15) is 0 Å². The molecule has 0 amide bonds. The molecule has 0 radical (unpaired) electrons. The van der Waals surface area contributed by atoms with Crippen molar-refractivity contribution < 1.29 is 0 Å². The molecular weight excluding hydrogens is 210 g/mol. The molecule has 2 aliphatic heterocycles. The van der Waals surface area contributed by atoms with E-state index in [0.717, 1.165) is 6.54 Å². The summed E-state index contributed by atoms with van der Waals surface area (Å²) in [5.74, 6) is 0. The van der Waals surface area contributed by atoms with Gasteiger partial charge in [0.05, 0.1) is 0 Å².